The zero-order valence-corrected chi connectivity index (χ0v) is 22.7. The number of benzene rings is 3. The number of allylic oxidation sites excluding steroid dienone is 3. The van der Waals surface area contributed by atoms with Crippen LogP contribution in [0.3, 0.4) is 0 Å². The van der Waals surface area contributed by atoms with Crippen LogP contribution in [0.15, 0.2) is 84.5 Å². The second kappa shape index (κ2) is 9.83. The van der Waals surface area contributed by atoms with Gasteiger partial charge in [-0.05, 0) is 71.7 Å². The first-order valence-electron chi connectivity index (χ1n) is 13.2. The Morgan fingerprint density at radius 2 is 1.15 bits per heavy atom. The molecule has 1 saturated heterocycles. The third kappa shape index (κ3) is 3.84. The SMILES string of the molecule is COc1ccc(C(=C2[C@H]3C=C[C@H]2[C@@H]2C(=O)N(c4cc(C(C)=O)ccc4OC)C(=O)[C@H]23)c2ccc(OC)cc2)cc1. The number of hydrogen-bond donors (Lipinski definition) is 0. The Hall–Kier alpha value is -4.65. The number of ketones is 1. The van der Waals surface area contributed by atoms with Crippen molar-refractivity contribution < 1.29 is 28.6 Å². The minimum absolute atomic E-state index is 0.154. The molecule has 1 heterocycles. The number of imide groups is 1. The molecule has 1 aliphatic heterocycles. The Balaban J connectivity index is 1.47. The van der Waals surface area contributed by atoms with Crippen molar-refractivity contribution in [2.75, 3.05) is 26.2 Å². The predicted molar refractivity (Wildman–Crippen MR) is 151 cm³/mol. The van der Waals surface area contributed by atoms with Crippen LogP contribution in [-0.4, -0.2) is 38.9 Å². The summed E-state index contributed by atoms with van der Waals surface area (Å²) in [6.07, 6.45) is 4.12. The zero-order chi connectivity index (χ0) is 28.1. The van der Waals surface area contributed by atoms with E-state index in [-0.39, 0.29) is 29.4 Å². The number of nitrogens with zero attached hydrogens (tertiary/aromatic N) is 1. The van der Waals surface area contributed by atoms with E-state index in [0.29, 0.717) is 17.0 Å². The first-order valence-corrected chi connectivity index (χ1v) is 13.2. The summed E-state index contributed by atoms with van der Waals surface area (Å²) >= 11 is 0. The van der Waals surface area contributed by atoms with Gasteiger partial charge in [-0.15, -0.1) is 0 Å². The van der Waals surface area contributed by atoms with Gasteiger partial charge in [0, 0.05) is 17.4 Å². The average molecular weight is 536 g/mol. The van der Waals surface area contributed by atoms with E-state index in [1.807, 2.05) is 48.5 Å². The summed E-state index contributed by atoms with van der Waals surface area (Å²) in [6, 6.07) is 20.5. The lowest BCUT2D eigenvalue weighted by Gasteiger charge is -2.23. The van der Waals surface area contributed by atoms with E-state index in [2.05, 4.69) is 12.2 Å². The van der Waals surface area contributed by atoms with Crippen molar-refractivity contribution in [1.82, 2.24) is 0 Å². The van der Waals surface area contributed by atoms with Crippen LogP contribution in [-0.2, 0) is 9.59 Å². The number of carbonyl (C=O) groups excluding carboxylic acids is 3. The minimum atomic E-state index is -0.533. The predicted octanol–water partition coefficient (Wildman–Crippen LogP) is 5.34. The maximum atomic E-state index is 14.0. The quantitative estimate of drug-likeness (QED) is 0.231. The highest BCUT2D eigenvalue weighted by Gasteiger charge is 2.62. The molecule has 0 spiro atoms. The summed E-state index contributed by atoms with van der Waals surface area (Å²) in [6.45, 7) is 1.45. The summed E-state index contributed by atoms with van der Waals surface area (Å²) in [7, 11) is 4.74. The van der Waals surface area contributed by atoms with Crippen molar-refractivity contribution >= 4 is 28.9 Å². The minimum Gasteiger partial charge on any atom is -0.497 e. The Kier molecular flexibility index (Phi) is 6.29. The molecule has 3 aliphatic rings. The van der Waals surface area contributed by atoms with Gasteiger partial charge in [0.1, 0.15) is 17.2 Å². The highest BCUT2D eigenvalue weighted by Crippen LogP contribution is 2.59. The molecule has 7 nitrogen and oxygen atoms in total. The normalized spacial score (nSPS) is 22.5. The molecule has 0 aromatic heterocycles. The van der Waals surface area contributed by atoms with Crippen LogP contribution < -0.4 is 19.1 Å². The molecule has 40 heavy (non-hydrogen) atoms. The first-order chi connectivity index (χ1) is 19.4. The third-order valence-electron chi connectivity index (χ3n) is 8.29. The summed E-state index contributed by atoms with van der Waals surface area (Å²) in [4.78, 5) is 41.4. The van der Waals surface area contributed by atoms with E-state index in [0.717, 1.165) is 33.8 Å². The lowest BCUT2D eigenvalue weighted by atomic mass is 9.85. The smallest absolute Gasteiger partial charge is 0.238 e. The average Bonchev–Trinajstić information content (AvgIpc) is 3.62. The van der Waals surface area contributed by atoms with Crippen molar-refractivity contribution in [1.29, 1.82) is 0 Å². The number of methoxy groups -OCH3 is 3. The molecule has 4 atom stereocenters. The largest absolute Gasteiger partial charge is 0.497 e. The molecule has 0 N–H and O–H groups in total. The number of anilines is 1. The van der Waals surface area contributed by atoms with Gasteiger partial charge in [-0.3, -0.25) is 14.4 Å². The Morgan fingerprint density at radius 3 is 1.57 bits per heavy atom. The van der Waals surface area contributed by atoms with Crippen molar-refractivity contribution in [3.63, 3.8) is 0 Å². The fourth-order valence-corrected chi connectivity index (χ4v) is 6.43. The van der Waals surface area contributed by atoms with Crippen molar-refractivity contribution in [2.45, 2.75) is 6.92 Å². The molecule has 3 aromatic carbocycles. The fourth-order valence-electron chi connectivity index (χ4n) is 6.43. The first kappa shape index (κ1) is 25.6. The van der Waals surface area contributed by atoms with Gasteiger partial charge in [0.2, 0.25) is 11.8 Å². The number of fused-ring (bicyclic) bond motifs is 5. The van der Waals surface area contributed by atoms with E-state index in [4.69, 9.17) is 14.2 Å². The standard InChI is InChI=1S/C33H29NO6/c1-18(35)21-9-16-27(40-4)26(17-21)34-32(36)30-24-14-15-25(31(30)33(34)37)29(24)28(19-5-10-22(38-2)11-6-19)20-7-12-23(39-3)13-8-20/h5-17,24-25,30-31H,1-4H3/t24-,25-,30+,31+/m1/s1. The summed E-state index contributed by atoms with van der Waals surface area (Å²) in [5, 5.41) is 0. The number of Topliss-reactive ketones (excluding diaryl/α,β-unsaturated/α-hetero) is 1. The number of rotatable bonds is 7. The molecule has 0 radical (unpaired) electrons. The van der Waals surface area contributed by atoms with Crippen molar-refractivity contribution in [2.24, 2.45) is 23.7 Å². The molecule has 2 bridgehead atoms. The van der Waals surface area contributed by atoms with Gasteiger partial charge in [-0.25, -0.2) is 4.90 Å². The van der Waals surface area contributed by atoms with Gasteiger partial charge in [-0.1, -0.05) is 36.4 Å². The monoisotopic (exact) mass is 535 g/mol. The van der Waals surface area contributed by atoms with E-state index in [9.17, 15) is 14.4 Å². The highest BCUT2D eigenvalue weighted by atomic mass is 16.5. The van der Waals surface area contributed by atoms with Crippen LogP contribution >= 0.6 is 0 Å². The lowest BCUT2D eigenvalue weighted by molar-refractivity contribution is -0.123. The maximum Gasteiger partial charge on any atom is 0.238 e. The Labute approximate surface area is 232 Å². The van der Waals surface area contributed by atoms with Gasteiger partial charge in [0.15, 0.2) is 5.78 Å². The van der Waals surface area contributed by atoms with Gasteiger partial charge in [0.25, 0.3) is 0 Å². The zero-order valence-electron chi connectivity index (χ0n) is 22.7. The number of carbonyl (C=O) groups is 3. The molecular weight excluding hydrogens is 506 g/mol. The van der Waals surface area contributed by atoms with Crippen LogP contribution in [0.5, 0.6) is 17.2 Å². The van der Waals surface area contributed by atoms with E-state index in [1.54, 1.807) is 32.4 Å². The van der Waals surface area contributed by atoms with Crippen molar-refractivity contribution in [3.05, 3.63) is 101 Å². The van der Waals surface area contributed by atoms with Gasteiger partial charge < -0.3 is 14.2 Å². The third-order valence-corrected chi connectivity index (χ3v) is 8.29. The Bertz CT molecular complexity index is 1500. The molecule has 1 saturated carbocycles. The van der Waals surface area contributed by atoms with Gasteiger partial charge in [0.05, 0.1) is 38.9 Å². The molecule has 2 amide bonds. The Morgan fingerprint density at radius 1 is 0.675 bits per heavy atom. The van der Waals surface area contributed by atoms with Crippen LogP contribution in [0.4, 0.5) is 5.69 Å². The molecule has 2 fully saturated rings. The maximum absolute atomic E-state index is 14.0. The molecule has 202 valence electrons. The second-order valence-electron chi connectivity index (χ2n) is 10.2. The van der Waals surface area contributed by atoms with E-state index in [1.165, 1.54) is 18.9 Å². The summed E-state index contributed by atoms with van der Waals surface area (Å²) in [5.74, 6) is -0.373. The van der Waals surface area contributed by atoms with E-state index >= 15 is 0 Å². The van der Waals surface area contributed by atoms with Gasteiger partial charge in [-0.2, -0.15) is 0 Å². The number of amides is 2. The molecule has 6 rings (SSSR count). The number of ether oxygens (including phenoxy) is 3. The van der Waals surface area contributed by atoms with Crippen LogP contribution in [0.25, 0.3) is 5.57 Å². The van der Waals surface area contributed by atoms with Crippen molar-refractivity contribution in [3.8, 4) is 17.2 Å². The second-order valence-corrected chi connectivity index (χ2v) is 10.2. The summed E-state index contributed by atoms with van der Waals surface area (Å²) < 4.78 is 16.2. The molecule has 3 aromatic rings. The van der Waals surface area contributed by atoms with E-state index < -0.39 is 11.8 Å². The van der Waals surface area contributed by atoms with Gasteiger partial charge >= 0.3 is 0 Å². The topological polar surface area (TPSA) is 82.1 Å². The molecule has 7 heteroatoms. The lowest BCUT2D eigenvalue weighted by Crippen LogP contribution is -2.33. The van der Waals surface area contributed by atoms with Crippen LogP contribution in [0.2, 0.25) is 0 Å². The number of hydrogen-bond acceptors (Lipinski definition) is 6. The van der Waals surface area contributed by atoms with Crippen LogP contribution in [0.1, 0.15) is 28.4 Å². The molecule has 0 unspecified atom stereocenters. The molecular formula is C33H29NO6. The fraction of sp³-hybridized carbons (Fsp3) is 0.242. The molecule has 2 aliphatic carbocycles. The van der Waals surface area contributed by atoms with Crippen LogP contribution in [0, 0.1) is 23.7 Å². The highest BCUT2D eigenvalue weighted by molar-refractivity contribution is 6.24. The summed E-state index contributed by atoms with van der Waals surface area (Å²) in [5.41, 5.74) is 4.75.